The van der Waals surface area contributed by atoms with Crippen molar-refractivity contribution in [2.24, 2.45) is 0 Å². The summed E-state index contributed by atoms with van der Waals surface area (Å²) < 4.78 is 10.8. The van der Waals surface area contributed by atoms with Crippen LogP contribution in [-0.2, 0) is 9.53 Å². The van der Waals surface area contributed by atoms with Gasteiger partial charge in [-0.1, -0.05) is 0 Å². The summed E-state index contributed by atoms with van der Waals surface area (Å²) in [6.07, 6.45) is -1.39. The van der Waals surface area contributed by atoms with Gasteiger partial charge in [0, 0.05) is 11.1 Å². The van der Waals surface area contributed by atoms with E-state index < -0.39 is 17.8 Å². The zero-order chi connectivity index (χ0) is 21.1. The van der Waals surface area contributed by atoms with E-state index in [0.29, 0.717) is 17.0 Å². The van der Waals surface area contributed by atoms with Crippen LogP contribution in [0, 0.1) is 0 Å². The first-order valence-electron chi connectivity index (χ1n) is 9.21. The summed E-state index contributed by atoms with van der Waals surface area (Å²) in [7, 11) is 0. The van der Waals surface area contributed by atoms with Gasteiger partial charge in [-0.15, -0.1) is 0 Å². The molecule has 1 atom stereocenters. The van der Waals surface area contributed by atoms with E-state index in [9.17, 15) is 14.4 Å². The molecule has 0 saturated carbocycles. The predicted molar refractivity (Wildman–Crippen MR) is 106 cm³/mol. The van der Waals surface area contributed by atoms with E-state index in [0.717, 1.165) is 0 Å². The summed E-state index contributed by atoms with van der Waals surface area (Å²) in [5, 5.41) is 8.44. The van der Waals surface area contributed by atoms with Gasteiger partial charge >= 0.3 is 6.09 Å². The van der Waals surface area contributed by atoms with E-state index in [4.69, 9.17) is 9.47 Å². The van der Waals surface area contributed by atoms with Crippen LogP contribution < -0.4 is 20.7 Å². The molecule has 8 nitrogen and oxygen atoms in total. The quantitative estimate of drug-likeness (QED) is 0.728. The highest BCUT2D eigenvalue weighted by atomic mass is 16.6. The van der Waals surface area contributed by atoms with Crippen molar-refractivity contribution in [1.29, 1.82) is 0 Å². The SMILES string of the molecule is CC(C)(C)NC(=O)c1ccc2c(c1)NCC(C(=O)CNC(=O)OC(C)(C)C)O2. The van der Waals surface area contributed by atoms with Crippen LogP contribution in [0.5, 0.6) is 5.75 Å². The summed E-state index contributed by atoms with van der Waals surface area (Å²) in [6.45, 7) is 11.0. The molecular formula is C20H29N3O5. The zero-order valence-corrected chi connectivity index (χ0v) is 17.3. The molecule has 28 heavy (non-hydrogen) atoms. The fourth-order valence-electron chi connectivity index (χ4n) is 2.49. The lowest BCUT2D eigenvalue weighted by molar-refractivity contribution is -0.124. The summed E-state index contributed by atoms with van der Waals surface area (Å²) in [5.41, 5.74) is 0.175. The Kier molecular flexibility index (Phi) is 6.21. The molecule has 8 heteroatoms. The lowest BCUT2D eigenvalue weighted by Gasteiger charge is -2.27. The number of amides is 2. The third-order valence-corrected chi connectivity index (χ3v) is 3.64. The van der Waals surface area contributed by atoms with Crippen LogP contribution in [0.3, 0.4) is 0 Å². The Morgan fingerprint density at radius 1 is 1.18 bits per heavy atom. The highest BCUT2D eigenvalue weighted by molar-refractivity contribution is 5.96. The number of fused-ring (bicyclic) bond motifs is 1. The number of ether oxygens (including phenoxy) is 2. The van der Waals surface area contributed by atoms with Gasteiger partial charge in [-0.3, -0.25) is 9.59 Å². The molecule has 1 aliphatic rings. The van der Waals surface area contributed by atoms with Crippen molar-refractivity contribution in [1.82, 2.24) is 10.6 Å². The molecule has 0 saturated heterocycles. The number of carbonyl (C=O) groups excluding carboxylic acids is 3. The molecule has 1 unspecified atom stereocenters. The Morgan fingerprint density at radius 2 is 1.86 bits per heavy atom. The zero-order valence-electron chi connectivity index (χ0n) is 17.3. The molecule has 0 aromatic heterocycles. The molecule has 1 heterocycles. The van der Waals surface area contributed by atoms with Gasteiger partial charge in [-0.05, 0) is 59.7 Å². The number of carbonyl (C=O) groups is 3. The van der Waals surface area contributed by atoms with Gasteiger partial charge in [0.1, 0.15) is 11.4 Å². The minimum Gasteiger partial charge on any atom is -0.479 e. The number of anilines is 1. The highest BCUT2D eigenvalue weighted by Crippen LogP contribution is 2.30. The van der Waals surface area contributed by atoms with E-state index in [1.165, 1.54) is 0 Å². The van der Waals surface area contributed by atoms with Crippen molar-refractivity contribution in [2.75, 3.05) is 18.4 Å². The topological polar surface area (TPSA) is 106 Å². The number of alkyl carbamates (subject to hydrolysis) is 1. The summed E-state index contributed by atoms with van der Waals surface area (Å²) in [5.74, 6) is 0.0181. The van der Waals surface area contributed by atoms with E-state index in [2.05, 4.69) is 16.0 Å². The Morgan fingerprint density at radius 3 is 2.46 bits per heavy atom. The van der Waals surface area contributed by atoms with Crippen LogP contribution in [-0.4, -0.2) is 48.1 Å². The number of Topliss-reactive ketones (excluding diaryl/α,β-unsaturated/α-hetero) is 1. The van der Waals surface area contributed by atoms with Crippen molar-refractivity contribution < 1.29 is 23.9 Å². The van der Waals surface area contributed by atoms with Gasteiger partial charge in [0.15, 0.2) is 11.9 Å². The van der Waals surface area contributed by atoms with Gasteiger partial charge < -0.3 is 25.4 Å². The highest BCUT2D eigenvalue weighted by Gasteiger charge is 2.27. The second-order valence-electron chi connectivity index (χ2n) is 8.72. The van der Waals surface area contributed by atoms with Gasteiger partial charge in [-0.25, -0.2) is 4.79 Å². The Labute approximate surface area is 165 Å². The number of hydrogen-bond donors (Lipinski definition) is 3. The Balaban J connectivity index is 1.94. The molecule has 0 fully saturated rings. The molecular weight excluding hydrogens is 362 g/mol. The maximum absolute atomic E-state index is 12.3. The lowest BCUT2D eigenvalue weighted by atomic mass is 10.1. The summed E-state index contributed by atoms with van der Waals surface area (Å²) >= 11 is 0. The number of ketones is 1. The van der Waals surface area contributed by atoms with Crippen LogP contribution >= 0.6 is 0 Å². The molecule has 2 rings (SSSR count). The first-order valence-corrected chi connectivity index (χ1v) is 9.21. The van der Waals surface area contributed by atoms with E-state index in [1.54, 1.807) is 39.0 Å². The second kappa shape index (κ2) is 8.08. The van der Waals surface area contributed by atoms with Gasteiger partial charge in [0.25, 0.3) is 5.91 Å². The van der Waals surface area contributed by atoms with Crippen molar-refractivity contribution in [2.45, 2.75) is 58.8 Å². The number of nitrogens with one attached hydrogen (secondary N) is 3. The molecule has 3 N–H and O–H groups in total. The third-order valence-electron chi connectivity index (χ3n) is 3.64. The fraction of sp³-hybridized carbons (Fsp3) is 0.550. The molecule has 1 aromatic rings. The van der Waals surface area contributed by atoms with Crippen LogP contribution in [0.2, 0.25) is 0 Å². The second-order valence-corrected chi connectivity index (χ2v) is 8.72. The van der Waals surface area contributed by atoms with Crippen LogP contribution in [0.4, 0.5) is 10.5 Å². The van der Waals surface area contributed by atoms with E-state index in [1.807, 2.05) is 20.8 Å². The van der Waals surface area contributed by atoms with Crippen LogP contribution in [0.15, 0.2) is 18.2 Å². The maximum Gasteiger partial charge on any atom is 0.408 e. The average Bonchev–Trinajstić information content (AvgIpc) is 2.55. The molecule has 1 aliphatic heterocycles. The molecule has 2 amide bonds. The molecule has 0 spiro atoms. The third kappa shape index (κ3) is 6.44. The smallest absolute Gasteiger partial charge is 0.408 e. The van der Waals surface area contributed by atoms with Gasteiger partial charge in [0.2, 0.25) is 0 Å². The lowest BCUT2D eigenvalue weighted by Crippen LogP contribution is -2.44. The summed E-state index contributed by atoms with van der Waals surface area (Å²) in [6, 6.07) is 4.99. The number of benzene rings is 1. The van der Waals surface area contributed by atoms with E-state index >= 15 is 0 Å². The summed E-state index contributed by atoms with van der Waals surface area (Å²) in [4.78, 5) is 36.3. The van der Waals surface area contributed by atoms with Gasteiger partial charge in [0.05, 0.1) is 18.8 Å². The first-order chi connectivity index (χ1) is 12.8. The maximum atomic E-state index is 12.3. The van der Waals surface area contributed by atoms with E-state index in [-0.39, 0.29) is 30.3 Å². The number of rotatable bonds is 4. The first kappa shape index (κ1) is 21.5. The molecule has 154 valence electrons. The largest absolute Gasteiger partial charge is 0.479 e. The molecule has 0 radical (unpaired) electrons. The monoisotopic (exact) mass is 391 g/mol. The Bertz CT molecular complexity index is 762. The van der Waals surface area contributed by atoms with Crippen molar-refractivity contribution in [3.63, 3.8) is 0 Å². The standard InChI is InChI=1S/C20H29N3O5/c1-19(2,3)23-17(25)12-7-8-15-13(9-12)21-11-16(27-15)14(24)10-22-18(26)28-20(4,5)6/h7-9,16,21H,10-11H2,1-6H3,(H,22,26)(H,23,25). The molecule has 0 bridgehead atoms. The minimum atomic E-state index is -0.739. The minimum absolute atomic E-state index is 0.183. The van der Waals surface area contributed by atoms with Gasteiger partial charge in [-0.2, -0.15) is 0 Å². The predicted octanol–water partition coefficient (Wildman–Crippen LogP) is 2.48. The normalized spacial score (nSPS) is 16.1. The number of hydrogen-bond acceptors (Lipinski definition) is 6. The van der Waals surface area contributed by atoms with Crippen LogP contribution in [0.25, 0.3) is 0 Å². The van der Waals surface area contributed by atoms with Crippen molar-refractivity contribution >= 4 is 23.5 Å². The molecule has 0 aliphatic carbocycles. The Hall–Kier alpha value is -2.77. The average molecular weight is 391 g/mol. The van der Waals surface area contributed by atoms with Crippen molar-refractivity contribution in [3.05, 3.63) is 23.8 Å². The fourth-order valence-corrected chi connectivity index (χ4v) is 2.49. The van der Waals surface area contributed by atoms with Crippen molar-refractivity contribution in [3.8, 4) is 5.75 Å². The van der Waals surface area contributed by atoms with Crippen LogP contribution in [0.1, 0.15) is 51.9 Å². The molecule has 1 aromatic carbocycles.